The Morgan fingerprint density at radius 2 is 1.60 bits per heavy atom. The minimum absolute atomic E-state index is 0.0970. The van der Waals surface area contributed by atoms with Gasteiger partial charge in [0.1, 0.15) is 6.10 Å². The second-order valence-corrected chi connectivity index (χ2v) is 19.5. The lowest BCUT2D eigenvalue weighted by Gasteiger charge is -2.46. The molecule has 0 radical (unpaired) electrons. The van der Waals surface area contributed by atoms with Gasteiger partial charge in [0.25, 0.3) is 0 Å². The molecule has 5 nitrogen and oxygen atoms in total. The fraction of sp³-hybridized carbons (Fsp3) is 0.692. The lowest BCUT2D eigenvalue weighted by Crippen LogP contribution is -2.55. The van der Waals surface area contributed by atoms with Crippen LogP contribution in [-0.4, -0.2) is 48.6 Å². The first kappa shape index (κ1) is 30.6. The molecule has 0 aromatic heterocycles. The highest BCUT2D eigenvalue weighted by molar-refractivity contribution is 8.20. The summed E-state index contributed by atoms with van der Waals surface area (Å²) >= 11 is 9.21. The van der Waals surface area contributed by atoms with E-state index in [0.717, 1.165) is 23.5 Å². The average molecular weight is 561 g/mol. The highest BCUT2D eigenvalue weighted by atomic mass is 35.5. The van der Waals surface area contributed by atoms with Gasteiger partial charge in [-0.15, -0.1) is 23.5 Å². The van der Waals surface area contributed by atoms with E-state index in [9.17, 15) is 9.59 Å². The van der Waals surface area contributed by atoms with Crippen LogP contribution >= 0.6 is 35.1 Å². The number of benzene rings is 1. The summed E-state index contributed by atoms with van der Waals surface area (Å²) in [4.78, 5) is 27.0. The Labute approximate surface area is 225 Å². The first-order valence-corrected chi connectivity index (χ1v) is 17.4. The molecule has 1 aromatic rings. The van der Waals surface area contributed by atoms with E-state index in [1.807, 2.05) is 32.9 Å². The summed E-state index contributed by atoms with van der Waals surface area (Å²) in [7, 11) is -2.37. The van der Waals surface area contributed by atoms with E-state index >= 15 is 0 Å². The Morgan fingerprint density at radius 1 is 1.06 bits per heavy atom. The average Bonchev–Trinajstić information content (AvgIpc) is 2.75. The Kier molecular flexibility index (Phi) is 10.3. The number of esters is 2. The zero-order valence-corrected chi connectivity index (χ0v) is 25.9. The van der Waals surface area contributed by atoms with E-state index in [4.69, 9.17) is 25.5 Å². The quantitative estimate of drug-likeness (QED) is 0.241. The van der Waals surface area contributed by atoms with Crippen LogP contribution in [0.1, 0.15) is 66.6 Å². The standard InChI is InChI=1S/C26H41ClO5S2Si/c1-10-30-23(29)26(33-16-11-17-34-26)21(31-22(28)24(2,3)4)20(18-12-14-19(27)15-13-18)32-35(8,9)25(5,6)7/h12-15,20-21H,10-11,16-17H2,1-9H3/t20-,21?/m0/s1. The maximum Gasteiger partial charge on any atom is 0.336 e. The smallest absolute Gasteiger partial charge is 0.336 e. The fourth-order valence-electron chi connectivity index (χ4n) is 3.26. The van der Waals surface area contributed by atoms with Crippen LogP contribution in [0.3, 0.4) is 0 Å². The van der Waals surface area contributed by atoms with Crippen LogP contribution in [0.2, 0.25) is 23.2 Å². The second kappa shape index (κ2) is 11.8. The van der Waals surface area contributed by atoms with Crippen LogP contribution in [0.25, 0.3) is 0 Å². The van der Waals surface area contributed by atoms with E-state index in [1.54, 1.807) is 19.1 Å². The van der Waals surface area contributed by atoms with E-state index in [1.165, 1.54) is 23.5 Å². The third-order valence-electron chi connectivity index (χ3n) is 6.40. The molecular weight excluding hydrogens is 520 g/mol. The number of rotatable bonds is 8. The number of carbonyl (C=O) groups is 2. The molecule has 0 N–H and O–H groups in total. The summed E-state index contributed by atoms with van der Waals surface area (Å²) in [5.74, 6) is 0.779. The van der Waals surface area contributed by atoms with Crippen LogP contribution in [0, 0.1) is 5.41 Å². The van der Waals surface area contributed by atoms with Gasteiger partial charge in [0.05, 0.1) is 12.0 Å². The van der Waals surface area contributed by atoms with Gasteiger partial charge in [0, 0.05) is 5.02 Å². The molecule has 1 aliphatic heterocycles. The highest BCUT2D eigenvalue weighted by Crippen LogP contribution is 2.53. The van der Waals surface area contributed by atoms with Gasteiger partial charge in [-0.25, -0.2) is 4.79 Å². The van der Waals surface area contributed by atoms with E-state index in [-0.39, 0.29) is 23.6 Å². The lowest BCUT2D eigenvalue weighted by atomic mass is 9.96. The van der Waals surface area contributed by atoms with Gasteiger partial charge in [0.2, 0.25) is 0 Å². The molecular formula is C26H41ClO5S2Si. The van der Waals surface area contributed by atoms with Crippen molar-refractivity contribution >= 4 is 55.4 Å². The van der Waals surface area contributed by atoms with Crippen molar-refractivity contribution in [2.45, 2.75) is 89.3 Å². The third-order valence-corrected chi connectivity index (χ3v) is 14.5. The maximum absolute atomic E-state index is 13.6. The predicted octanol–water partition coefficient (Wildman–Crippen LogP) is 7.49. The molecule has 1 aromatic carbocycles. The molecule has 0 spiro atoms. The summed E-state index contributed by atoms with van der Waals surface area (Å²) in [6.07, 6.45) is -0.591. The molecule has 35 heavy (non-hydrogen) atoms. The topological polar surface area (TPSA) is 61.8 Å². The SMILES string of the molecule is CCOC(=O)C1(C(OC(=O)C(C)(C)C)[C@@H](O[Si](C)(C)C(C)(C)C)c2ccc(Cl)cc2)SCCCS1. The molecule has 1 saturated heterocycles. The molecule has 1 aliphatic rings. The van der Waals surface area contributed by atoms with Crippen molar-refractivity contribution in [3.8, 4) is 0 Å². The number of ether oxygens (including phenoxy) is 2. The molecule has 9 heteroatoms. The molecule has 1 unspecified atom stereocenters. The van der Waals surface area contributed by atoms with Gasteiger partial charge in [-0.3, -0.25) is 4.79 Å². The van der Waals surface area contributed by atoms with Crippen LogP contribution in [0.4, 0.5) is 0 Å². The molecule has 1 heterocycles. The largest absolute Gasteiger partial charge is 0.464 e. The van der Waals surface area contributed by atoms with E-state index in [0.29, 0.717) is 5.02 Å². The van der Waals surface area contributed by atoms with Crippen molar-refractivity contribution in [2.75, 3.05) is 18.1 Å². The van der Waals surface area contributed by atoms with Gasteiger partial charge >= 0.3 is 11.9 Å². The van der Waals surface area contributed by atoms with Gasteiger partial charge in [0.15, 0.2) is 18.5 Å². The number of thioether (sulfide) groups is 2. The predicted molar refractivity (Wildman–Crippen MR) is 151 cm³/mol. The van der Waals surface area contributed by atoms with Crippen molar-refractivity contribution in [3.63, 3.8) is 0 Å². The third kappa shape index (κ3) is 7.43. The zero-order valence-electron chi connectivity index (χ0n) is 22.5. The first-order chi connectivity index (χ1) is 16.0. The van der Waals surface area contributed by atoms with Crippen molar-refractivity contribution in [1.29, 1.82) is 0 Å². The van der Waals surface area contributed by atoms with Crippen molar-refractivity contribution < 1.29 is 23.5 Å². The van der Waals surface area contributed by atoms with Crippen molar-refractivity contribution in [1.82, 2.24) is 0 Å². The van der Waals surface area contributed by atoms with Crippen LogP contribution in [-0.2, 0) is 23.5 Å². The molecule has 0 bridgehead atoms. The Morgan fingerprint density at radius 3 is 2.06 bits per heavy atom. The number of halogens is 1. The lowest BCUT2D eigenvalue weighted by molar-refractivity contribution is -0.169. The van der Waals surface area contributed by atoms with Gasteiger partial charge in [-0.2, -0.15) is 0 Å². The summed E-state index contributed by atoms with van der Waals surface area (Å²) < 4.78 is 17.8. The van der Waals surface area contributed by atoms with Crippen LogP contribution < -0.4 is 0 Å². The molecule has 2 atom stereocenters. The molecule has 198 valence electrons. The van der Waals surface area contributed by atoms with E-state index < -0.39 is 30.0 Å². The molecule has 0 aliphatic carbocycles. The minimum atomic E-state index is -2.37. The number of carbonyl (C=O) groups excluding carboxylic acids is 2. The van der Waals surface area contributed by atoms with Crippen LogP contribution in [0.5, 0.6) is 0 Å². The molecule has 2 rings (SSSR count). The fourth-order valence-corrected chi connectivity index (χ4v) is 7.86. The van der Waals surface area contributed by atoms with Crippen molar-refractivity contribution in [3.05, 3.63) is 34.9 Å². The summed E-state index contributed by atoms with van der Waals surface area (Å²) in [5.41, 5.74) is 0.0703. The first-order valence-electron chi connectivity index (χ1n) is 12.1. The Balaban J connectivity index is 2.75. The summed E-state index contributed by atoms with van der Waals surface area (Å²) in [6.45, 7) is 18.3. The Hall–Kier alpha value is -0.673. The van der Waals surface area contributed by atoms with Gasteiger partial charge in [-0.1, -0.05) is 44.5 Å². The van der Waals surface area contributed by atoms with Crippen molar-refractivity contribution in [2.24, 2.45) is 5.41 Å². The monoisotopic (exact) mass is 560 g/mol. The van der Waals surface area contributed by atoms with Gasteiger partial charge < -0.3 is 13.9 Å². The maximum atomic E-state index is 13.6. The number of hydrogen-bond acceptors (Lipinski definition) is 7. The molecule has 0 saturated carbocycles. The molecule has 1 fully saturated rings. The summed E-state index contributed by atoms with van der Waals surface area (Å²) in [5, 5.41) is 0.504. The minimum Gasteiger partial charge on any atom is -0.464 e. The zero-order chi connectivity index (χ0) is 26.7. The van der Waals surface area contributed by atoms with E-state index in [2.05, 4.69) is 33.9 Å². The molecule has 0 amide bonds. The number of hydrogen-bond donors (Lipinski definition) is 0. The summed E-state index contributed by atoms with van der Waals surface area (Å²) in [6, 6.07) is 7.41. The Bertz CT molecular complexity index is 871. The normalized spacial score (nSPS) is 18.5. The highest BCUT2D eigenvalue weighted by Gasteiger charge is 2.57. The van der Waals surface area contributed by atoms with Gasteiger partial charge in [-0.05, 0) is 81.4 Å². The second-order valence-electron chi connectivity index (χ2n) is 11.4. The van der Waals surface area contributed by atoms with Crippen LogP contribution in [0.15, 0.2) is 24.3 Å².